The molecular formula is C11H16N6. The summed E-state index contributed by atoms with van der Waals surface area (Å²) in [6.07, 6.45) is 7.52. The quantitative estimate of drug-likeness (QED) is 0.342. The minimum atomic E-state index is 0.613. The van der Waals surface area contributed by atoms with Crippen molar-refractivity contribution >= 4 is 12.1 Å². The summed E-state index contributed by atoms with van der Waals surface area (Å²) < 4.78 is 0. The van der Waals surface area contributed by atoms with Crippen molar-refractivity contribution in [2.24, 2.45) is 10.8 Å². The van der Waals surface area contributed by atoms with Gasteiger partial charge in [0.2, 0.25) is 0 Å². The maximum absolute atomic E-state index is 7.05. The highest BCUT2D eigenvalue weighted by Gasteiger charge is 2.03. The van der Waals surface area contributed by atoms with Gasteiger partial charge in [0.1, 0.15) is 12.7 Å². The predicted octanol–water partition coefficient (Wildman–Crippen LogP) is 0.972. The molecule has 0 radical (unpaired) electrons. The Morgan fingerprint density at radius 3 is 2.71 bits per heavy atom. The van der Waals surface area contributed by atoms with Crippen LogP contribution in [0, 0.1) is 5.41 Å². The fraction of sp³-hybridized carbons (Fsp3) is 0.273. The lowest BCUT2D eigenvalue weighted by atomic mass is 10.2. The Hall–Kier alpha value is -2.08. The Labute approximate surface area is 100 Å². The van der Waals surface area contributed by atoms with Gasteiger partial charge in [0, 0.05) is 30.2 Å². The minimum Gasteiger partial charge on any atom is -0.316 e. The van der Waals surface area contributed by atoms with Crippen LogP contribution in [-0.4, -0.2) is 33.6 Å². The summed E-state index contributed by atoms with van der Waals surface area (Å²) in [7, 11) is 0. The van der Waals surface area contributed by atoms with Crippen LogP contribution in [0.5, 0.6) is 0 Å². The van der Waals surface area contributed by atoms with E-state index in [9.17, 15) is 0 Å². The number of nitrogens with zero attached hydrogens (tertiary/aromatic N) is 4. The average Bonchev–Trinajstić information content (AvgIpc) is 2.38. The van der Waals surface area contributed by atoms with Crippen LogP contribution in [-0.2, 0) is 0 Å². The summed E-state index contributed by atoms with van der Waals surface area (Å²) in [5.74, 6) is 5.76. The van der Waals surface area contributed by atoms with Gasteiger partial charge in [0.25, 0.3) is 0 Å². The molecule has 1 aromatic heterocycles. The van der Waals surface area contributed by atoms with Gasteiger partial charge in [-0.15, -0.1) is 0 Å². The molecule has 6 nitrogen and oxygen atoms in total. The number of allylic oxidation sites excluding steroid dienone is 2. The van der Waals surface area contributed by atoms with Crippen LogP contribution >= 0.6 is 0 Å². The molecule has 1 rings (SSSR count). The Balaban J connectivity index is 3.05. The third-order valence-corrected chi connectivity index (χ3v) is 2.20. The zero-order valence-electron chi connectivity index (χ0n) is 9.96. The van der Waals surface area contributed by atoms with Gasteiger partial charge in [0.15, 0.2) is 0 Å². The Morgan fingerprint density at radius 1 is 1.53 bits per heavy atom. The molecule has 1 heterocycles. The topological polar surface area (TPSA) is 91.2 Å². The van der Waals surface area contributed by atoms with E-state index in [4.69, 9.17) is 11.3 Å². The van der Waals surface area contributed by atoms with Crippen molar-refractivity contribution in [3.63, 3.8) is 0 Å². The molecule has 0 unspecified atom stereocenters. The lowest BCUT2D eigenvalue weighted by Crippen LogP contribution is -2.29. The van der Waals surface area contributed by atoms with Crippen molar-refractivity contribution in [3.05, 3.63) is 36.1 Å². The van der Waals surface area contributed by atoms with Gasteiger partial charge in [-0.3, -0.25) is 5.41 Å². The molecule has 0 amide bonds. The van der Waals surface area contributed by atoms with Gasteiger partial charge in [-0.2, -0.15) is 0 Å². The highest BCUT2D eigenvalue weighted by molar-refractivity contribution is 6.11. The molecule has 0 atom stereocenters. The summed E-state index contributed by atoms with van der Waals surface area (Å²) in [4.78, 5) is 11.8. The van der Waals surface area contributed by atoms with Gasteiger partial charge < -0.3 is 5.01 Å². The zero-order chi connectivity index (χ0) is 12.7. The highest BCUT2D eigenvalue weighted by atomic mass is 15.4. The number of rotatable bonds is 5. The molecule has 90 valence electrons. The smallest absolute Gasteiger partial charge is 0.115 e. The van der Waals surface area contributed by atoms with Gasteiger partial charge in [-0.25, -0.2) is 20.8 Å². The van der Waals surface area contributed by atoms with E-state index in [0.29, 0.717) is 12.3 Å². The molecule has 0 fully saturated rings. The maximum Gasteiger partial charge on any atom is 0.115 e. The fourth-order valence-corrected chi connectivity index (χ4v) is 1.23. The SMILES string of the molecule is CCN(N)/C(C)=C/C(=N\C=N)c1cncnc1. The van der Waals surface area contributed by atoms with Crippen LogP contribution in [0.1, 0.15) is 19.4 Å². The average molecular weight is 232 g/mol. The summed E-state index contributed by atoms with van der Waals surface area (Å²) in [5, 5.41) is 8.65. The molecular weight excluding hydrogens is 216 g/mol. The molecule has 17 heavy (non-hydrogen) atoms. The second-order valence-electron chi connectivity index (χ2n) is 3.34. The van der Waals surface area contributed by atoms with E-state index in [-0.39, 0.29) is 0 Å². The molecule has 0 saturated heterocycles. The normalized spacial score (nSPS) is 12.4. The number of nitrogens with one attached hydrogen (secondary N) is 1. The van der Waals surface area contributed by atoms with E-state index in [1.807, 2.05) is 13.8 Å². The first-order valence-electron chi connectivity index (χ1n) is 5.21. The molecule has 0 aromatic carbocycles. The first-order valence-corrected chi connectivity index (χ1v) is 5.21. The van der Waals surface area contributed by atoms with E-state index in [1.54, 1.807) is 23.5 Å². The van der Waals surface area contributed by atoms with E-state index in [2.05, 4.69) is 15.0 Å². The van der Waals surface area contributed by atoms with Crippen molar-refractivity contribution in [2.45, 2.75) is 13.8 Å². The van der Waals surface area contributed by atoms with E-state index in [1.165, 1.54) is 6.33 Å². The highest BCUT2D eigenvalue weighted by Crippen LogP contribution is 2.04. The van der Waals surface area contributed by atoms with Crippen LogP contribution in [0.15, 0.2) is 35.5 Å². The first-order chi connectivity index (χ1) is 8.19. The molecule has 6 heteroatoms. The van der Waals surface area contributed by atoms with Crippen LogP contribution in [0.4, 0.5) is 0 Å². The van der Waals surface area contributed by atoms with Crippen LogP contribution < -0.4 is 5.84 Å². The number of aliphatic imine (C=N–C) groups is 1. The molecule has 0 aliphatic rings. The Bertz CT molecular complexity index is 423. The van der Waals surface area contributed by atoms with Crippen LogP contribution in [0.2, 0.25) is 0 Å². The second-order valence-corrected chi connectivity index (χ2v) is 3.34. The summed E-state index contributed by atoms with van der Waals surface area (Å²) >= 11 is 0. The molecule has 0 spiro atoms. The molecule has 1 aromatic rings. The maximum atomic E-state index is 7.05. The number of nitrogens with two attached hydrogens (primary N) is 1. The van der Waals surface area contributed by atoms with Crippen molar-refractivity contribution in [3.8, 4) is 0 Å². The van der Waals surface area contributed by atoms with Gasteiger partial charge in [-0.05, 0) is 19.9 Å². The van der Waals surface area contributed by atoms with Crippen molar-refractivity contribution < 1.29 is 0 Å². The molecule has 0 aliphatic heterocycles. The third-order valence-electron chi connectivity index (χ3n) is 2.20. The van der Waals surface area contributed by atoms with Crippen LogP contribution in [0.3, 0.4) is 0 Å². The summed E-state index contributed by atoms with van der Waals surface area (Å²) in [6, 6.07) is 0. The number of hydrogen-bond donors (Lipinski definition) is 2. The predicted molar refractivity (Wildman–Crippen MR) is 67.7 cm³/mol. The van der Waals surface area contributed by atoms with Crippen molar-refractivity contribution in [1.82, 2.24) is 15.0 Å². The monoisotopic (exact) mass is 232 g/mol. The minimum absolute atomic E-state index is 0.613. The Kier molecular flexibility index (Phi) is 4.96. The lowest BCUT2D eigenvalue weighted by molar-refractivity contribution is 0.381. The number of hydrogen-bond acceptors (Lipinski definition) is 5. The van der Waals surface area contributed by atoms with Gasteiger partial charge in [-0.1, -0.05) is 0 Å². The second kappa shape index (κ2) is 6.49. The van der Waals surface area contributed by atoms with Gasteiger partial charge in [0.05, 0.1) is 5.71 Å². The van der Waals surface area contributed by atoms with E-state index in [0.717, 1.165) is 17.6 Å². The molecule has 0 saturated carbocycles. The number of aromatic nitrogens is 2. The molecule has 0 bridgehead atoms. The fourth-order valence-electron chi connectivity index (χ4n) is 1.23. The van der Waals surface area contributed by atoms with Crippen molar-refractivity contribution in [1.29, 1.82) is 5.41 Å². The number of hydrazine groups is 1. The van der Waals surface area contributed by atoms with Gasteiger partial charge >= 0.3 is 0 Å². The molecule has 3 N–H and O–H groups in total. The third kappa shape index (κ3) is 3.76. The lowest BCUT2D eigenvalue weighted by Gasteiger charge is -2.16. The summed E-state index contributed by atoms with van der Waals surface area (Å²) in [6.45, 7) is 4.54. The molecule has 0 aliphatic carbocycles. The standard InChI is InChI=1S/C11H16N6/c1-3-17(13)9(2)4-11(16-7-12)10-5-14-8-15-6-10/h4-8,12H,3,13H2,1-2H3/b9-4+,12-7?,16-11+. The van der Waals surface area contributed by atoms with Crippen LogP contribution in [0.25, 0.3) is 0 Å². The van der Waals surface area contributed by atoms with E-state index >= 15 is 0 Å². The first kappa shape index (κ1) is 13.0. The van der Waals surface area contributed by atoms with Crippen molar-refractivity contribution in [2.75, 3.05) is 6.54 Å². The van der Waals surface area contributed by atoms with E-state index < -0.39 is 0 Å². The largest absolute Gasteiger partial charge is 0.316 e. The Morgan fingerprint density at radius 2 is 2.18 bits per heavy atom. The zero-order valence-corrected chi connectivity index (χ0v) is 9.96. The summed E-state index contributed by atoms with van der Waals surface area (Å²) in [5.41, 5.74) is 2.22.